The fraction of sp³-hybridized carbons (Fsp3) is 0.333. The minimum atomic E-state index is -0.762. The van der Waals surface area contributed by atoms with Gasteiger partial charge < -0.3 is 9.73 Å². The molecule has 1 saturated carbocycles. The first-order chi connectivity index (χ1) is 14.1. The number of aromatic nitrogens is 2. The second-order valence-corrected chi connectivity index (χ2v) is 8.06. The van der Waals surface area contributed by atoms with E-state index in [0.29, 0.717) is 34.7 Å². The molecule has 4 rings (SSSR count). The van der Waals surface area contributed by atoms with Crippen LogP contribution >= 0.6 is 11.8 Å². The smallest absolute Gasteiger partial charge is 0.262 e. The number of furan rings is 1. The van der Waals surface area contributed by atoms with Gasteiger partial charge in [0, 0.05) is 0 Å². The Bertz CT molecular complexity index is 1130. The van der Waals surface area contributed by atoms with Gasteiger partial charge in [0.2, 0.25) is 5.91 Å². The van der Waals surface area contributed by atoms with Crippen molar-refractivity contribution in [2.75, 3.05) is 5.75 Å². The first kappa shape index (κ1) is 19.3. The largest absolute Gasteiger partial charge is 0.467 e. The molecule has 3 aromatic rings. The maximum Gasteiger partial charge on any atom is 0.262 e. The van der Waals surface area contributed by atoms with E-state index in [9.17, 15) is 14.9 Å². The Kier molecular flexibility index (Phi) is 5.41. The average molecular weight is 408 g/mol. The lowest BCUT2D eigenvalue weighted by Crippen LogP contribution is -2.45. The van der Waals surface area contributed by atoms with Gasteiger partial charge in [-0.25, -0.2) is 4.98 Å². The van der Waals surface area contributed by atoms with Gasteiger partial charge in [-0.3, -0.25) is 14.2 Å². The van der Waals surface area contributed by atoms with Crippen LogP contribution in [0.4, 0.5) is 0 Å². The normalized spacial score (nSPS) is 15.3. The number of hydrogen-bond acceptors (Lipinski definition) is 6. The van der Waals surface area contributed by atoms with Crippen LogP contribution in [0.3, 0.4) is 0 Å². The number of nitriles is 1. The summed E-state index contributed by atoms with van der Waals surface area (Å²) in [5.74, 6) is 0.474. The van der Waals surface area contributed by atoms with Crippen molar-refractivity contribution in [3.05, 3.63) is 58.8 Å². The summed E-state index contributed by atoms with van der Waals surface area (Å²) in [6.45, 7) is 0.232. The average Bonchev–Trinajstić information content (AvgIpc) is 3.41. The lowest BCUT2D eigenvalue weighted by Gasteiger charge is -2.21. The fourth-order valence-electron chi connectivity index (χ4n) is 3.63. The highest BCUT2D eigenvalue weighted by atomic mass is 32.2. The third kappa shape index (κ3) is 4.05. The number of rotatable bonds is 6. The minimum absolute atomic E-state index is 0.0758. The van der Waals surface area contributed by atoms with Crippen LogP contribution in [0, 0.1) is 11.3 Å². The topological polar surface area (TPSA) is 101 Å². The number of nitrogens with one attached hydrogen (secondary N) is 1. The SMILES string of the molecule is N#CC1(NC(=O)CSc2nc3ccccc3c(=O)n2Cc2ccco2)CCCC1. The van der Waals surface area contributed by atoms with Gasteiger partial charge in [-0.05, 0) is 49.9 Å². The molecule has 0 radical (unpaired) electrons. The number of benzene rings is 1. The Hall–Kier alpha value is -3.05. The summed E-state index contributed by atoms with van der Waals surface area (Å²) in [6, 6.07) is 12.9. The van der Waals surface area contributed by atoms with Gasteiger partial charge in [-0.2, -0.15) is 5.26 Å². The van der Waals surface area contributed by atoms with Crippen molar-refractivity contribution in [1.29, 1.82) is 5.26 Å². The zero-order chi connectivity index (χ0) is 20.3. The molecule has 1 fully saturated rings. The lowest BCUT2D eigenvalue weighted by molar-refractivity contribution is -0.119. The Morgan fingerprint density at radius 1 is 1.28 bits per heavy atom. The molecule has 2 aromatic heterocycles. The van der Waals surface area contributed by atoms with Crippen molar-refractivity contribution >= 4 is 28.6 Å². The number of carbonyl (C=O) groups is 1. The highest BCUT2D eigenvalue weighted by molar-refractivity contribution is 7.99. The predicted molar refractivity (Wildman–Crippen MR) is 109 cm³/mol. The third-order valence-corrected chi connectivity index (χ3v) is 6.08. The highest BCUT2D eigenvalue weighted by Gasteiger charge is 2.35. The Morgan fingerprint density at radius 2 is 2.07 bits per heavy atom. The minimum Gasteiger partial charge on any atom is -0.467 e. The molecule has 148 valence electrons. The van der Waals surface area contributed by atoms with Crippen molar-refractivity contribution in [1.82, 2.24) is 14.9 Å². The molecule has 7 nitrogen and oxygen atoms in total. The number of carbonyl (C=O) groups excluding carboxylic acids is 1. The molecule has 1 aromatic carbocycles. The molecule has 1 amide bonds. The molecule has 0 aliphatic heterocycles. The van der Waals surface area contributed by atoms with Gasteiger partial charge in [-0.15, -0.1) is 0 Å². The number of amides is 1. The highest BCUT2D eigenvalue weighted by Crippen LogP contribution is 2.29. The van der Waals surface area contributed by atoms with Gasteiger partial charge in [0.05, 0.1) is 35.5 Å². The molecule has 1 aliphatic rings. The van der Waals surface area contributed by atoms with E-state index in [1.807, 2.05) is 6.07 Å². The molecule has 8 heteroatoms. The van der Waals surface area contributed by atoms with Crippen LogP contribution in [-0.4, -0.2) is 26.8 Å². The van der Waals surface area contributed by atoms with Crippen LogP contribution < -0.4 is 10.9 Å². The third-order valence-electron chi connectivity index (χ3n) is 5.10. The number of fused-ring (bicyclic) bond motifs is 1. The molecule has 0 bridgehead atoms. The first-order valence-corrected chi connectivity index (χ1v) is 10.5. The van der Waals surface area contributed by atoms with E-state index in [1.54, 1.807) is 36.6 Å². The number of thioether (sulfide) groups is 1. The molecule has 29 heavy (non-hydrogen) atoms. The molecule has 0 unspecified atom stereocenters. The summed E-state index contributed by atoms with van der Waals surface area (Å²) < 4.78 is 6.91. The Balaban J connectivity index is 1.59. The maximum absolute atomic E-state index is 13.0. The molecule has 0 saturated heterocycles. The zero-order valence-corrected chi connectivity index (χ0v) is 16.6. The van der Waals surface area contributed by atoms with E-state index < -0.39 is 5.54 Å². The van der Waals surface area contributed by atoms with Gasteiger partial charge in [0.1, 0.15) is 11.3 Å². The van der Waals surface area contributed by atoms with Gasteiger partial charge in [-0.1, -0.05) is 23.9 Å². The van der Waals surface area contributed by atoms with E-state index in [1.165, 1.54) is 16.3 Å². The maximum atomic E-state index is 13.0. The second-order valence-electron chi connectivity index (χ2n) is 7.12. The van der Waals surface area contributed by atoms with E-state index in [4.69, 9.17) is 4.42 Å². The van der Waals surface area contributed by atoms with Crippen LogP contribution in [-0.2, 0) is 11.3 Å². The van der Waals surface area contributed by atoms with Crippen molar-refractivity contribution in [2.45, 2.75) is 42.9 Å². The lowest BCUT2D eigenvalue weighted by atomic mass is 10.0. The molecular formula is C21H20N4O3S. The van der Waals surface area contributed by atoms with E-state index in [-0.39, 0.29) is 23.8 Å². The monoisotopic (exact) mass is 408 g/mol. The van der Waals surface area contributed by atoms with E-state index in [2.05, 4.69) is 16.4 Å². The zero-order valence-electron chi connectivity index (χ0n) is 15.8. The summed E-state index contributed by atoms with van der Waals surface area (Å²) in [6.07, 6.45) is 4.79. The Morgan fingerprint density at radius 3 is 2.79 bits per heavy atom. The van der Waals surface area contributed by atoms with Crippen LogP contribution in [0.2, 0.25) is 0 Å². The van der Waals surface area contributed by atoms with Crippen molar-refractivity contribution < 1.29 is 9.21 Å². The molecule has 1 N–H and O–H groups in total. The van der Waals surface area contributed by atoms with E-state index in [0.717, 1.165) is 12.8 Å². The van der Waals surface area contributed by atoms with Crippen LogP contribution in [0.1, 0.15) is 31.4 Å². The standard InChI is InChI=1S/C21H20N4O3S/c22-14-21(9-3-4-10-21)24-18(26)13-29-20-23-17-8-2-1-7-16(17)19(27)25(20)12-15-6-5-11-28-15/h1-2,5-8,11H,3-4,9-10,12-13H2,(H,24,26). The summed E-state index contributed by atoms with van der Waals surface area (Å²) in [4.78, 5) is 30.1. The van der Waals surface area contributed by atoms with Crippen molar-refractivity contribution in [3.63, 3.8) is 0 Å². The molecular weight excluding hydrogens is 388 g/mol. The van der Waals surface area contributed by atoms with Crippen LogP contribution in [0.25, 0.3) is 10.9 Å². The molecule has 2 heterocycles. The van der Waals surface area contributed by atoms with Crippen molar-refractivity contribution in [2.24, 2.45) is 0 Å². The summed E-state index contributed by atoms with van der Waals surface area (Å²) in [5, 5.41) is 13.3. The van der Waals surface area contributed by atoms with Gasteiger partial charge in [0.15, 0.2) is 5.16 Å². The van der Waals surface area contributed by atoms with E-state index >= 15 is 0 Å². The number of nitrogens with zero attached hydrogens (tertiary/aromatic N) is 3. The number of para-hydroxylation sites is 1. The quantitative estimate of drug-likeness (QED) is 0.497. The predicted octanol–water partition coefficient (Wildman–Crippen LogP) is 3.08. The first-order valence-electron chi connectivity index (χ1n) is 9.47. The van der Waals surface area contributed by atoms with Gasteiger partial charge in [0.25, 0.3) is 5.56 Å². The molecule has 1 aliphatic carbocycles. The summed E-state index contributed by atoms with van der Waals surface area (Å²) in [7, 11) is 0. The fourth-order valence-corrected chi connectivity index (χ4v) is 4.43. The molecule has 0 spiro atoms. The second kappa shape index (κ2) is 8.13. The molecule has 0 atom stereocenters. The van der Waals surface area contributed by atoms with Gasteiger partial charge >= 0.3 is 0 Å². The van der Waals surface area contributed by atoms with Crippen LogP contribution in [0.5, 0.6) is 0 Å². The summed E-state index contributed by atoms with van der Waals surface area (Å²) >= 11 is 1.19. The number of hydrogen-bond donors (Lipinski definition) is 1. The summed E-state index contributed by atoms with van der Waals surface area (Å²) in [5.41, 5.74) is -0.359. The van der Waals surface area contributed by atoms with Crippen molar-refractivity contribution in [3.8, 4) is 6.07 Å². The Labute approximate surface area is 171 Å². The van der Waals surface area contributed by atoms with Crippen LogP contribution in [0.15, 0.2) is 57.0 Å².